The summed E-state index contributed by atoms with van der Waals surface area (Å²) in [7, 11) is 0.973. The quantitative estimate of drug-likeness (QED) is 0.575. The van der Waals surface area contributed by atoms with Crippen LogP contribution in [0.1, 0.15) is 0 Å². The summed E-state index contributed by atoms with van der Waals surface area (Å²) in [5.74, 6) is 0. The van der Waals surface area contributed by atoms with Crippen molar-refractivity contribution in [1.82, 2.24) is 0 Å². The predicted octanol–water partition coefficient (Wildman–Crippen LogP) is 0.859. The van der Waals surface area contributed by atoms with E-state index in [2.05, 4.69) is 4.74 Å². The van der Waals surface area contributed by atoms with Gasteiger partial charge in [-0.2, -0.15) is 8.78 Å². The maximum atomic E-state index is 11.7. The Morgan fingerprint density at radius 3 is 2.22 bits per heavy atom. The van der Waals surface area contributed by atoms with Crippen LogP contribution in [0.5, 0.6) is 0 Å². The Kier molecular flexibility index (Phi) is 3.13. The molecule has 0 spiro atoms. The Morgan fingerprint density at radius 2 is 2.11 bits per heavy atom. The maximum absolute atomic E-state index is 11.7. The molecule has 2 nitrogen and oxygen atoms in total. The third-order valence-corrected chi connectivity index (χ3v) is 1.13. The van der Waals surface area contributed by atoms with Crippen molar-refractivity contribution < 1.29 is 21.6 Å². The van der Waals surface area contributed by atoms with E-state index in [1.165, 1.54) is 0 Å². The summed E-state index contributed by atoms with van der Waals surface area (Å²) in [5.41, 5.74) is 0. The van der Waals surface area contributed by atoms with Crippen LogP contribution in [0.3, 0.4) is 0 Å². The number of alkyl halides is 2. The second kappa shape index (κ2) is 3.17. The number of ether oxygens (including phenoxy) is 1. The molecule has 0 aliphatic carbocycles. The van der Waals surface area contributed by atoms with E-state index in [0.29, 0.717) is 0 Å². The first-order chi connectivity index (χ1) is 4.00. The standard InChI is InChI=1S/C3H5F3O2S/c1-8-2-3(4,5)9(6)7/h2H2,1H3. The van der Waals surface area contributed by atoms with Crippen molar-refractivity contribution in [3.63, 3.8) is 0 Å². The van der Waals surface area contributed by atoms with Crippen molar-refractivity contribution >= 4 is 11.2 Å². The highest BCUT2D eigenvalue weighted by Crippen LogP contribution is 2.18. The summed E-state index contributed by atoms with van der Waals surface area (Å²) in [6, 6.07) is 0. The number of halogens is 3. The lowest BCUT2D eigenvalue weighted by molar-refractivity contribution is 0.00602. The Bertz CT molecular complexity index is 116. The summed E-state index contributed by atoms with van der Waals surface area (Å²) < 4.78 is 48.2. The number of hydrogen-bond acceptors (Lipinski definition) is 2. The van der Waals surface area contributed by atoms with Crippen LogP contribution in [0, 0.1) is 0 Å². The molecule has 0 radical (unpaired) electrons. The SMILES string of the molecule is COCC(F)(F)S(=O)F. The van der Waals surface area contributed by atoms with Gasteiger partial charge < -0.3 is 4.74 Å². The van der Waals surface area contributed by atoms with Gasteiger partial charge in [-0.3, -0.25) is 0 Å². The minimum absolute atomic E-state index is 0.973. The fourth-order valence-corrected chi connectivity index (χ4v) is 0.425. The molecule has 0 N–H and O–H groups in total. The van der Waals surface area contributed by atoms with Crippen LogP contribution in [0.25, 0.3) is 0 Å². The molecule has 0 fully saturated rings. The molecule has 0 saturated heterocycles. The van der Waals surface area contributed by atoms with Crippen molar-refractivity contribution in [2.24, 2.45) is 0 Å². The highest BCUT2D eigenvalue weighted by atomic mass is 32.2. The van der Waals surface area contributed by atoms with Crippen molar-refractivity contribution in [2.75, 3.05) is 13.7 Å². The number of rotatable bonds is 3. The van der Waals surface area contributed by atoms with Gasteiger partial charge in [-0.25, -0.2) is 4.21 Å². The summed E-state index contributed by atoms with van der Waals surface area (Å²) >= 11 is -3.63. The molecule has 0 aromatic rings. The van der Waals surface area contributed by atoms with Crippen LogP contribution in [0.4, 0.5) is 12.7 Å². The van der Waals surface area contributed by atoms with Gasteiger partial charge in [0.2, 0.25) is 0 Å². The molecule has 0 amide bonds. The summed E-state index contributed by atoms with van der Waals surface area (Å²) in [4.78, 5) is 0. The molecule has 6 heteroatoms. The van der Waals surface area contributed by atoms with E-state index in [0.717, 1.165) is 7.11 Å². The molecule has 0 aromatic carbocycles. The molecule has 0 bridgehead atoms. The first-order valence-corrected chi connectivity index (χ1v) is 3.00. The van der Waals surface area contributed by atoms with Gasteiger partial charge in [-0.15, -0.1) is 3.89 Å². The molecule has 56 valence electrons. The van der Waals surface area contributed by atoms with Gasteiger partial charge in [0.05, 0.1) is 0 Å². The Balaban J connectivity index is 3.85. The monoisotopic (exact) mass is 162 g/mol. The van der Waals surface area contributed by atoms with Crippen molar-refractivity contribution in [1.29, 1.82) is 0 Å². The van der Waals surface area contributed by atoms with Gasteiger partial charge in [0, 0.05) is 7.11 Å². The van der Waals surface area contributed by atoms with Gasteiger partial charge in [0.1, 0.15) is 6.61 Å². The first kappa shape index (κ1) is 8.90. The molecule has 0 saturated carbocycles. The fraction of sp³-hybridized carbons (Fsp3) is 1.00. The Labute approximate surface area is 52.7 Å². The average molecular weight is 162 g/mol. The molecule has 0 rings (SSSR count). The van der Waals surface area contributed by atoms with Crippen molar-refractivity contribution in [3.05, 3.63) is 0 Å². The van der Waals surface area contributed by atoms with Gasteiger partial charge >= 0.3 is 5.25 Å². The molecule has 9 heavy (non-hydrogen) atoms. The lowest BCUT2D eigenvalue weighted by Crippen LogP contribution is -2.25. The topological polar surface area (TPSA) is 26.3 Å². The normalized spacial score (nSPS) is 15.6. The van der Waals surface area contributed by atoms with Gasteiger partial charge in [0.25, 0.3) is 11.2 Å². The maximum Gasteiger partial charge on any atom is 0.372 e. The summed E-state index contributed by atoms with van der Waals surface area (Å²) in [6.45, 7) is -1.16. The van der Waals surface area contributed by atoms with Crippen molar-refractivity contribution in [3.8, 4) is 0 Å². The lowest BCUT2D eigenvalue weighted by atomic mass is 10.8. The third-order valence-electron chi connectivity index (χ3n) is 0.547. The molecule has 0 heterocycles. The number of methoxy groups -OCH3 is 1. The summed E-state index contributed by atoms with van der Waals surface area (Å²) in [5, 5.41) is -3.87. The molecular weight excluding hydrogens is 157 g/mol. The van der Waals surface area contributed by atoms with E-state index in [1.54, 1.807) is 0 Å². The van der Waals surface area contributed by atoms with Crippen molar-refractivity contribution in [2.45, 2.75) is 5.25 Å². The van der Waals surface area contributed by atoms with E-state index in [1.807, 2.05) is 0 Å². The minimum atomic E-state index is -3.87. The van der Waals surface area contributed by atoms with Gasteiger partial charge in [-0.05, 0) is 0 Å². The van der Waals surface area contributed by atoms with Crippen LogP contribution < -0.4 is 0 Å². The van der Waals surface area contributed by atoms with E-state index < -0.39 is 23.0 Å². The smallest absolute Gasteiger partial charge is 0.372 e. The minimum Gasteiger partial charge on any atom is -0.377 e. The lowest BCUT2D eigenvalue weighted by Gasteiger charge is -2.07. The molecular formula is C3H5F3O2S. The molecule has 1 unspecified atom stereocenters. The zero-order valence-electron chi connectivity index (χ0n) is 4.57. The van der Waals surface area contributed by atoms with Crippen LogP contribution in [-0.4, -0.2) is 23.2 Å². The Morgan fingerprint density at radius 1 is 1.67 bits per heavy atom. The first-order valence-electron chi connectivity index (χ1n) is 1.95. The molecule has 0 aromatic heterocycles. The van der Waals surface area contributed by atoms with Gasteiger partial charge in [0.15, 0.2) is 0 Å². The fourth-order valence-electron chi connectivity index (χ4n) is 0.214. The highest BCUT2D eigenvalue weighted by molar-refractivity contribution is 7.80. The predicted molar refractivity (Wildman–Crippen MR) is 26.1 cm³/mol. The molecule has 1 atom stereocenters. The van der Waals surface area contributed by atoms with E-state index in [9.17, 15) is 16.9 Å². The largest absolute Gasteiger partial charge is 0.377 e. The second-order valence-corrected chi connectivity index (χ2v) is 2.34. The van der Waals surface area contributed by atoms with Crippen LogP contribution in [0.15, 0.2) is 0 Å². The zero-order valence-corrected chi connectivity index (χ0v) is 5.38. The van der Waals surface area contributed by atoms with Crippen LogP contribution in [0.2, 0.25) is 0 Å². The van der Waals surface area contributed by atoms with Gasteiger partial charge in [-0.1, -0.05) is 0 Å². The van der Waals surface area contributed by atoms with Crippen LogP contribution in [-0.2, 0) is 15.9 Å². The number of hydrogen-bond donors (Lipinski definition) is 0. The summed E-state index contributed by atoms with van der Waals surface area (Å²) in [6.07, 6.45) is 0. The molecule has 0 aliphatic heterocycles. The van der Waals surface area contributed by atoms with Crippen LogP contribution >= 0.6 is 0 Å². The average Bonchev–Trinajstić information content (AvgIpc) is 1.65. The third kappa shape index (κ3) is 2.81. The van der Waals surface area contributed by atoms with E-state index >= 15 is 0 Å². The second-order valence-electron chi connectivity index (χ2n) is 1.29. The zero-order chi connectivity index (χ0) is 7.49. The Hall–Kier alpha value is -0.100. The molecule has 0 aliphatic rings. The highest BCUT2D eigenvalue weighted by Gasteiger charge is 2.37. The van der Waals surface area contributed by atoms with E-state index in [-0.39, 0.29) is 0 Å². The van der Waals surface area contributed by atoms with E-state index in [4.69, 9.17) is 0 Å².